The van der Waals surface area contributed by atoms with Gasteiger partial charge in [-0.15, -0.1) is 0 Å². The van der Waals surface area contributed by atoms with E-state index in [0.717, 1.165) is 18.6 Å². The molecule has 0 bridgehead atoms. The van der Waals surface area contributed by atoms with Crippen LogP contribution in [0.4, 0.5) is 17.6 Å². The average molecular weight is 277 g/mol. The molecule has 0 aliphatic heterocycles. The highest BCUT2D eigenvalue weighted by atomic mass is 19.4. The van der Waals surface area contributed by atoms with Gasteiger partial charge in [0.1, 0.15) is 5.82 Å². The van der Waals surface area contributed by atoms with Crippen molar-refractivity contribution in [2.24, 2.45) is 5.92 Å². The summed E-state index contributed by atoms with van der Waals surface area (Å²) in [5, 5.41) is 3.19. The first-order valence-electron chi connectivity index (χ1n) is 6.41. The Morgan fingerprint density at radius 3 is 2.26 bits per heavy atom. The Labute approximate surface area is 111 Å². The molecule has 0 aliphatic rings. The molecular formula is C14H19F4N. The molecule has 2 atom stereocenters. The Hall–Kier alpha value is -1.10. The molecule has 1 aromatic carbocycles. The number of benzene rings is 1. The fraction of sp³-hybridized carbons (Fsp3) is 0.571. The highest BCUT2D eigenvalue weighted by Crippen LogP contribution is 2.33. The fourth-order valence-electron chi connectivity index (χ4n) is 2.06. The highest BCUT2D eigenvalue weighted by Gasteiger charge is 2.34. The van der Waals surface area contributed by atoms with Crippen molar-refractivity contribution in [1.29, 1.82) is 0 Å². The second-order valence-corrected chi connectivity index (χ2v) is 4.66. The minimum Gasteiger partial charge on any atom is -0.310 e. The van der Waals surface area contributed by atoms with Crippen LogP contribution in [0.3, 0.4) is 0 Å². The van der Waals surface area contributed by atoms with Gasteiger partial charge in [-0.25, -0.2) is 4.39 Å². The van der Waals surface area contributed by atoms with Crippen LogP contribution in [0.1, 0.15) is 44.4 Å². The number of nitrogens with one attached hydrogen (secondary N) is 1. The Balaban J connectivity index is 3.10. The van der Waals surface area contributed by atoms with E-state index in [0.29, 0.717) is 12.1 Å². The van der Waals surface area contributed by atoms with E-state index >= 15 is 0 Å². The van der Waals surface area contributed by atoms with Gasteiger partial charge in [0.25, 0.3) is 0 Å². The maximum Gasteiger partial charge on any atom is 0.419 e. The molecule has 0 amide bonds. The minimum absolute atomic E-state index is 0.133. The number of hydrogen-bond acceptors (Lipinski definition) is 1. The van der Waals surface area contributed by atoms with E-state index in [1.54, 1.807) is 0 Å². The van der Waals surface area contributed by atoms with E-state index in [-0.39, 0.29) is 12.0 Å². The van der Waals surface area contributed by atoms with Crippen molar-refractivity contribution >= 4 is 0 Å². The van der Waals surface area contributed by atoms with Crippen molar-refractivity contribution in [3.05, 3.63) is 35.1 Å². The summed E-state index contributed by atoms with van der Waals surface area (Å²) in [5.74, 6) is -0.993. The maximum absolute atomic E-state index is 13.6. The molecule has 0 radical (unpaired) electrons. The number of alkyl halides is 3. The van der Waals surface area contributed by atoms with Crippen LogP contribution in [0, 0.1) is 11.7 Å². The van der Waals surface area contributed by atoms with E-state index in [2.05, 4.69) is 5.32 Å². The van der Waals surface area contributed by atoms with E-state index in [9.17, 15) is 17.6 Å². The van der Waals surface area contributed by atoms with E-state index in [1.807, 2.05) is 20.8 Å². The van der Waals surface area contributed by atoms with Gasteiger partial charge in [0.15, 0.2) is 0 Å². The quantitative estimate of drug-likeness (QED) is 0.779. The molecule has 1 nitrogen and oxygen atoms in total. The number of hydrogen-bond donors (Lipinski definition) is 1. The predicted octanol–water partition coefficient (Wildman–Crippen LogP) is 4.54. The summed E-state index contributed by atoms with van der Waals surface area (Å²) in [7, 11) is 0. The van der Waals surface area contributed by atoms with Crippen LogP contribution in [0.5, 0.6) is 0 Å². The van der Waals surface area contributed by atoms with Gasteiger partial charge in [0.2, 0.25) is 0 Å². The van der Waals surface area contributed by atoms with Gasteiger partial charge >= 0.3 is 6.18 Å². The molecule has 0 saturated carbocycles. The molecule has 108 valence electrons. The Bertz CT molecular complexity index is 414. The second kappa shape index (κ2) is 6.37. The Morgan fingerprint density at radius 2 is 1.84 bits per heavy atom. The first-order valence-corrected chi connectivity index (χ1v) is 6.41. The standard InChI is InChI=1S/C14H19F4N/c1-4-9(3)13(19-5-2)10-6-7-11(12(15)8-10)14(16,17)18/h6-9,13,19H,4-5H2,1-3H3. The summed E-state index contributed by atoms with van der Waals surface area (Å²) in [6.07, 6.45) is -3.78. The van der Waals surface area contributed by atoms with Gasteiger partial charge < -0.3 is 5.32 Å². The molecular weight excluding hydrogens is 258 g/mol. The summed E-state index contributed by atoms with van der Waals surface area (Å²) < 4.78 is 51.1. The van der Waals surface area contributed by atoms with Gasteiger partial charge in [-0.1, -0.05) is 33.3 Å². The summed E-state index contributed by atoms with van der Waals surface area (Å²) in [6.45, 7) is 6.58. The lowest BCUT2D eigenvalue weighted by Gasteiger charge is -2.25. The summed E-state index contributed by atoms with van der Waals surface area (Å²) in [5.41, 5.74) is -0.655. The largest absolute Gasteiger partial charge is 0.419 e. The van der Waals surface area contributed by atoms with Crippen LogP contribution in [-0.4, -0.2) is 6.54 Å². The molecule has 5 heteroatoms. The second-order valence-electron chi connectivity index (χ2n) is 4.66. The SMILES string of the molecule is CCNC(c1ccc(C(F)(F)F)c(F)c1)C(C)CC. The third kappa shape index (κ3) is 3.93. The summed E-state index contributed by atoms with van der Waals surface area (Å²) in [4.78, 5) is 0. The molecule has 19 heavy (non-hydrogen) atoms. The molecule has 0 aliphatic carbocycles. The molecule has 1 aromatic rings. The number of halogens is 4. The zero-order valence-corrected chi connectivity index (χ0v) is 11.3. The van der Waals surface area contributed by atoms with Crippen molar-refractivity contribution in [3.8, 4) is 0 Å². The lowest BCUT2D eigenvalue weighted by Crippen LogP contribution is -2.27. The predicted molar refractivity (Wildman–Crippen MR) is 67.3 cm³/mol. The van der Waals surface area contributed by atoms with E-state index in [4.69, 9.17) is 0 Å². The van der Waals surface area contributed by atoms with Gasteiger partial charge in [0, 0.05) is 6.04 Å². The van der Waals surface area contributed by atoms with Gasteiger partial charge in [-0.3, -0.25) is 0 Å². The molecule has 0 aromatic heterocycles. The zero-order valence-electron chi connectivity index (χ0n) is 11.3. The smallest absolute Gasteiger partial charge is 0.310 e. The zero-order chi connectivity index (χ0) is 14.6. The van der Waals surface area contributed by atoms with Gasteiger partial charge in [-0.05, 0) is 30.2 Å². The summed E-state index contributed by atoms with van der Waals surface area (Å²) in [6, 6.07) is 3.03. The van der Waals surface area contributed by atoms with Crippen molar-refractivity contribution < 1.29 is 17.6 Å². The van der Waals surface area contributed by atoms with Crippen molar-refractivity contribution in [1.82, 2.24) is 5.32 Å². The molecule has 0 heterocycles. The molecule has 0 saturated heterocycles. The van der Waals surface area contributed by atoms with Gasteiger partial charge in [0.05, 0.1) is 5.56 Å². The van der Waals surface area contributed by atoms with Crippen LogP contribution >= 0.6 is 0 Å². The third-order valence-electron chi connectivity index (χ3n) is 3.29. The van der Waals surface area contributed by atoms with Crippen LogP contribution in [0.15, 0.2) is 18.2 Å². The van der Waals surface area contributed by atoms with Crippen molar-refractivity contribution in [2.75, 3.05) is 6.54 Å². The van der Waals surface area contributed by atoms with Crippen LogP contribution in [0.2, 0.25) is 0 Å². The first-order chi connectivity index (χ1) is 8.81. The normalized spacial score (nSPS) is 15.3. The molecule has 1 N–H and O–H groups in total. The lowest BCUT2D eigenvalue weighted by molar-refractivity contribution is -0.140. The van der Waals surface area contributed by atoms with Crippen LogP contribution in [-0.2, 0) is 6.18 Å². The topological polar surface area (TPSA) is 12.0 Å². The Morgan fingerprint density at radius 1 is 1.21 bits per heavy atom. The maximum atomic E-state index is 13.6. The fourth-order valence-corrected chi connectivity index (χ4v) is 2.06. The van der Waals surface area contributed by atoms with Crippen molar-refractivity contribution in [3.63, 3.8) is 0 Å². The van der Waals surface area contributed by atoms with Crippen LogP contribution in [0.25, 0.3) is 0 Å². The highest BCUT2D eigenvalue weighted by molar-refractivity contribution is 5.29. The van der Waals surface area contributed by atoms with E-state index in [1.165, 1.54) is 6.07 Å². The third-order valence-corrected chi connectivity index (χ3v) is 3.29. The lowest BCUT2D eigenvalue weighted by atomic mass is 9.91. The molecule has 0 spiro atoms. The van der Waals surface area contributed by atoms with Crippen LogP contribution < -0.4 is 5.32 Å². The van der Waals surface area contributed by atoms with Gasteiger partial charge in [-0.2, -0.15) is 13.2 Å². The average Bonchev–Trinajstić information content (AvgIpc) is 2.33. The minimum atomic E-state index is -4.65. The molecule has 2 unspecified atom stereocenters. The summed E-state index contributed by atoms with van der Waals surface area (Å²) >= 11 is 0. The first kappa shape index (κ1) is 16.0. The monoisotopic (exact) mass is 277 g/mol. The number of rotatable bonds is 5. The Kier molecular flexibility index (Phi) is 5.35. The van der Waals surface area contributed by atoms with E-state index < -0.39 is 17.6 Å². The molecule has 0 fully saturated rings. The molecule has 1 rings (SSSR count). The van der Waals surface area contributed by atoms with Crippen molar-refractivity contribution in [2.45, 2.75) is 39.4 Å².